The number of aliphatic carboxylic acids is 1. The number of ketones is 1. The van der Waals surface area contributed by atoms with Crippen molar-refractivity contribution in [1.29, 1.82) is 0 Å². The molecule has 2 atom stereocenters. The van der Waals surface area contributed by atoms with E-state index in [0.29, 0.717) is 21.9 Å². The number of aryl methyl sites for hydroxylation is 2. The lowest BCUT2D eigenvalue weighted by Crippen LogP contribution is -2.06. The zero-order valence-electron chi connectivity index (χ0n) is 18.1. The van der Waals surface area contributed by atoms with Crippen LogP contribution in [-0.4, -0.2) is 22.0 Å². The quantitative estimate of drug-likeness (QED) is 0.305. The first-order valence-corrected chi connectivity index (χ1v) is 11.8. The minimum atomic E-state index is -0.755. The molecule has 166 valence electrons. The molecular weight excluding hydrogens is 456 g/mol. The van der Waals surface area contributed by atoms with Crippen molar-refractivity contribution in [2.75, 3.05) is 0 Å². The molecule has 3 aromatic carbocycles. The van der Waals surface area contributed by atoms with Gasteiger partial charge >= 0.3 is 5.97 Å². The number of hydrogen-bond acceptors (Lipinski definition) is 4. The summed E-state index contributed by atoms with van der Waals surface area (Å²) < 4.78 is 0.829. The molecule has 6 heteroatoms. The molecule has 1 saturated carbocycles. The Morgan fingerprint density at radius 3 is 2.27 bits per heavy atom. The largest absolute Gasteiger partial charge is 0.508 e. The Kier molecular flexibility index (Phi) is 5.26. The summed E-state index contributed by atoms with van der Waals surface area (Å²) in [6.07, 6.45) is 0.661. The van der Waals surface area contributed by atoms with Gasteiger partial charge in [0.2, 0.25) is 5.78 Å². The topological polar surface area (TPSA) is 74.6 Å². The second kappa shape index (κ2) is 8.01. The van der Waals surface area contributed by atoms with Crippen LogP contribution in [0.25, 0.3) is 21.2 Å². The van der Waals surface area contributed by atoms with E-state index in [4.69, 9.17) is 11.6 Å². The summed E-state index contributed by atoms with van der Waals surface area (Å²) in [5.74, 6) is -0.942. The first-order chi connectivity index (χ1) is 15.7. The fraction of sp³-hybridized carbons (Fsp3) is 0.185. The fourth-order valence-corrected chi connectivity index (χ4v) is 6.18. The molecule has 33 heavy (non-hydrogen) atoms. The SMILES string of the molecule is Cc1cc(Cl)cc(C)c1C(=O)c1sc2cc(O)ccc2c1-c1ccc(C2CC2C(=O)O)cc1. The van der Waals surface area contributed by atoms with Gasteiger partial charge in [-0.3, -0.25) is 9.59 Å². The van der Waals surface area contributed by atoms with E-state index in [-0.39, 0.29) is 23.4 Å². The van der Waals surface area contributed by atoms with Crippen LogP contribution in [0.1, 0.15) is 44.3 Å². The number of aromatic hydroxyl groups is 1. The second-order valence-corrected chi connectivity index (χ2v) is 10.1. The molecule has 0 spiro atoms. The molecule has 0 saturated heterocycles. The Balaban J connectivity index is 1.64. The van der Waals surface area contributed by atoms with Crippen molar-refractivity contribution in [3.63, 3.8) is 0 Å². The number of halogens is 1. The van der Waals surface area contributed by atoms with Gasteiger partial charge < -0.3 is 10.2 Å². The van der Waals surface area contributed by atoms with Crippen LogP contribution in [0.15, 0.2) is 54.6 Å². The Morgan fingerprint density at radius 1 is 1.00 bits per heavy atom. The molecule has 0 aliphatic heterocycles. The fourth-order valence-electron chi connectivity index (χ4n) is 4.65. The monoisotopic (exact) mass is 476 g/mol. The van der Waals surface area contributed by atoms with E-state index in [9.17, 15) is 19.8 Å². The molecule has 1 fully saturated rings. The van der Waals surface area contributed by atoms with Crippen LogP contribution in [0.2, 0.25) is 5.02 Å². The number of rotatable bonds is 5. The minimum Gasteiger partial charge on any atom is -0.508 e. The molecule has 1 aromatic heterocycles. The summed E-state index contributed by atoms with van der Waals surface area (Å²) in [4.78, 5) is 25.6. The van der Waals surface area contributed by atoms with Gasteiger partial charge in [0, 0.05) is 26.2 Å². The molecule has 5 rings (SSSR count). The molecule has 2 N–H and O–H groups in total. The molecule has 4 nitrogen and oxygen atoms in total. The third-order valence-corrected chi connectivity index (χ3v) is 7.71. The highest BCUT2D eigenvalue weighted by atomic mass is 35.5. The molecule has 1 heterocycles. The average molecular weight is 477 g/mol. The number of phenols is 1. The zero-order valence-corrected chi connectivity index (χ0v) is 19.6. The van der Waals surface area contributed by atoms with Gasteiger partial charge in [0.05, 0.1) is 10.8 Å². The predicted octanol–water partition coefficient (Wildman–Crippen LogP) is 6.96. The lowest BCUT2D eigenvalue weighted by atomic mass is 9.93. The highest BCUT2D eigenvalue weighted by molar-refractivity contribution is 7.21. The number of hydrogen-bond donors (Lipinski definition) is 2. The minimum absolute atomic E-state index is 0.0492. The van der Waals surface area contributed by atoms with Crippen molar-refractivity contribution in [3.05, 3.63) is 86.8 Å². The number of benzene rings is 3. The van der Waals surface area contributed by atoms with Gasteiger partial charge in [-0.25, -0.2) is 0 Å². The van der Waals surface area contributed by atoms with Crippen molar-refractivity contribution in [1.82, 2.24) is 0 Å². The summed E-state index contributed by atoms with van der Waals surface area (Å²) >= 11 is 7.55. The molecule has 0 bridgehead atoms. The number of carbonyl (C=O) groups excluding carboxylic acids is 1. The molecular formula is C27H21ClO4S. The van der Waals surface area contributed by atoms with Gasteiger partial charge in [0.25, 0.3) is 0 Å². The summed E-state index contributed by atoms with van der Waals surface area (Å²) in [6.45, 7) is 3.77. The number of phenolic OH excluding ortho intramolecular Hbond substituents is 1. The summed E-state index contributed by atoms with van der Waals surface area (Å²) in [5.41, 5.74) is 4.98. The number of thiophene rings is 1. The van der Waals surface area contributed by atoms with Crippen LogP contribution in [0.3, 0.4) is 0 Å². The maximum absolute atomic E-state index is 13.8. The summed E-state index contributed by atoms with van der Waals surface area (Å²) in [6, 6.07) is 16.6. The van der Waals surface area contributed by atoms with Crippen LogP contribution in [-0.2, 0) is 4.79 Å². The van der Waals surface area contributed by atoms with Gasteiger partial charge in [-0.05, 0) is 78.8 Å². The summed E-state index contributed by atoms with van der Waals surface area (Å²) in [5, 5.41) is 20.7. The van der Waals surface area contributed by atoms with Gasteiger partial charge in [-0.2, -0.15) is 0 Å². The van der Waals surface area contributed by atoms with Gasteiger partial charge in [-0.1, -0.05) is 35.9 Å². The third kappa shape index (κ3) is 3.81. The zero-order chi connectivity index (χ0) is 23.4. The Bertz CT molecular complexity index is 1410. The number of carboxylic acid groups (broad SMARTS) is 1. The third-order valence-electron chi connectivity index (χ3n) is 6.34. The Morgan fingerprint density at radius 2 is 1.67 bits per heavy atom. The normalized spacial score (nSPS) is 17.3. The van der Waals surface area contributed by atoms with E-state index >= 15 is 0 Å². The first-order valence-electron chi connectivity index (χ1n) is 10.6. The standard InChI is InChI=1S/C27H21ClO4S/c1-13-9-17(28)10-14(2)23(13)25(30)26-24(19-8-7-18(29)11-22(19)33-26)16-5-3-15(4-6-16)20-12-21(20)27(31)32/h3-11,20-21,29H,12H2,1-2H3,(H,31,32). The van der Waals surface area contributed by atoms with E-state index in [0.717, 1.165) is 37.9 Å². The van der Waals surface area contributed by atoms with E-state index < -0.39 is 5.97 Å². The summed E-state index contributed by atoms with van der Waals surface area (Å²) in [7, 11) is 0. The number of carbonyl (C=O) groups is 2. The van der Waals surface area contributed by atoms with Crippen molar-refractivity contribution >= 4 is 44.8 Å². The van der Waals surface area contributed by atoms with Crippen molar-refractivity contribution in [2.45, 2.75) is 26.2 Å². The number of carboxylic acids is 1. The molecule has 2 unspecified atom stereocenters. The Labute approximate surface area is 200 Å². The average Bonchev–Trinajstić information content (AvgIpc) is 3.47. The van der Waals surface area contributed by atoms with E-state index in [2.05, 4.69) is 0 Å². The van der Waals surface area contributed by atoms with Crippen molar-refractivity contribution < 1.29 is 19.8 Å². The van der Waals surface area contributed by atoms with Crippen molar-refractivity contribution in [2.24, 2.45) is 5.92 Å². The maximum atomic E-state index is 13.8. The lowest BCUT2D eigenvalue weighted by Gasteiger charge is -2.11. The first kappa shape index (κ1) is 21.7. The van der Waals surface area contributed by atoms with Crippen LogP contribution in [0.4, 0.5) is 0 Å². The second-order valence-electron chi connectivity index (χ2n) is 8.64. The lowest BCUT2D eigenvalue weighted by molar-refractivity contribution is -0.138. The predicted molar refractivity (Wildman–Crippen MR) is 132 cm³/mol. The van der Waals surface area contributed by atoms with Gasteiger partial charge in [0.1, 0.15) is 5.75 Å². The number of fused-ring (bicyclic) bond motifs is 1. The van der Waals surface area contributed by atoms with Crippen molar-refractivity contribution in [3.8, 4) is 16.9 Å². The smallest absolute Gasteiger partial charge is 0.307 e. The van der Waals surface area contributed by atoms with E-state index in [1.807, 2.05) is 44.2 Å². The van der Waals surface area contributed by atoms with Crippen LogP contribution in [0.5, 0.6) is 5.75 Å². The molecule has 4 aromatic rings. The van der Waals surface area contributed by atoms with Gasteiger partial charge in [0.15, 0.2) is 0 Å². The molecule has 0 radical (unpaired) electrons. The molecule has 0 amide bonds. The van der Waals surface area contributed by atoms with Crippen LogP contribution >= 0.6 is 22.9 Å². The maximum Gasteiger partial charge on any atom is 0.307 e. The van der Waals surface area contributed by atoms with Crippen LogP contribution < -0.4 is 0 Å². The highest BCUT2D eigenvalue weighted by Crippen LogP contribution is 2.48. The van der Waals surface area contributed by atoms with E-state index in [1.165, 1.54) is 11.3 Å². The molecule has 1 aliphatic rings. The van der Waals surface area contributed by atoms with Crippen LogP contribution in [0, 0.1) is 19.8 Å². The Hall–Kier alpha value is -3.15. The highest BCUT2D eigenvalue weighted by Gasteiger charge is 2.44. The molecule has 1 aliphatic carbocycles. The van der Waals surface area contributed by atoms with E-state index in [1.54, 1.807) is 24.3 Å². The van der Waals surface area contributed by atoms with Gasteiger partial charge in [-0.15, -0.1) is 11.3 Å².